The molecule has 25 heavy (non-hydrogen) atoms. The molecule has 1 aromatic carbocycles. The van der Waals surface area contributed by atoms with Gasteiger partial charge in [-0.15, -0.1) is 11.3 Å². The zero-order valence-electron chi connectivity index (χ0n) is 14.9. The number of benzene rings is 1. The van der Waals surface area contributed by atoms with E-state index in [1.807, 2.05) is 25.3 Å². The molecule has 2 aromatic heterocycles. The Kier molecular flexibility index (Phi) is 5.50. The van der Waals surface area contributed by atoms with Gasteiger partial charge in [-0.25, -0.2) is 4.98 Å². The van der Waals surface area contributed by atoms with Crippen LogP contribution in [-0.4, -0.2) is 27.9 Å². The number of hydrogen-bond donors (Lipinski definition) is 0. The van der Waals surface area contributed by atoms with Gasteiger partial charge in [0.05, 0.1) is 12.8 Å². The molecule has 6 heteroatoms. The first-order chi connectivity index (χ1) is 12.1. The molecule has 0 radical (unpaired) electrons. The van der Waals surface area contributed by atoms with Gasteiger partial charge in [-0.3, -0.25) is 14.1 Å². The topological polar surface area (TPSA) is 46.8 Å². The zero-order chi connectivity index (χ0) is 17.8. The van der Waals surface area contributed by atoms with E-state index in [4.69, 9.17) is 4.74 Å². The van der Waals surface area contributed by atoms with Gasteiger partial charge < -0.3 is 4.74 Å². The van der Waals surface area contributed by atoms with E-state index in [2.05, 4.69) is 28.9 Å². The first-order valence-electron chi connectivity index (χ1n) is 8.43. The Hall–Kier alpha value is -2.18. The Morgan fingerprint density at radius 3 is 2.68 bits per heavy atom. The standard InChI is InChI=1S/C19H23N3O2S/c1-4-9-21(12-15-5-7-17(24-3)8-6-15)13-16-10-18(23)22-11-14(2)25-19(22)20-16/h5-8,10-11H,4,9,12-13H2,1-3H3. The van der Waals surface area contributed by atoms with E-state index in [9.17, 15) is 4.79 Å². The molecule has 0 unspecified atom stereocenters. The first kappa shape index (κ1) is 17.6. The minimum absolute atomic E-state index is 0.00903. The normalized spacial score (nSPS) is 11.4. The van der Waals surface area contributed by atoms with E-state index in [0.29, 0.717) is 6.54 Å². The van der Waals surface area contributed by atoms with Crippen LogP contribution in [0.25, 0.3) is 4.96 Å². The molecule has 0 fully saturated rings. The minimum Gasteiger partial charge on any atom is -0.497 e. The lowest BCUT2D eigenvalue weighted by molar-refractivity contribution is 0.254. The molecule has 3 rings (SSSR count). The van der Waals surface area contributed by atoms with Crippen molar-refractivity contribution in [3.8, 4) is 5.75 Å². The molecular weight excluding hydrogens is 334 g/mol. The Morgan fingerprint density at radius 2 is 2.00 bits per heavy atom. The molecular formula is C19H23N3O2S. The lowest BCUT2D eigenvalue weighted by Gasteiger charge is -2.21. The van der Waals surface area contributed by atoms with E-state index in [1.54, 1.807) is 28.9 Å². The number of methoxy groups -OCH3 is 1. The summed E-state index contributed by atoms with van der Waals surface area (Å²) >= 11 is 1.55. The maximum atomic E-state index is 12.3. The van der Waals surface area contributed by atoms with Gasteiger partial charge in [0.2, 0.25) is 0 Å². The Bertz CT molecular complexity index is 899. The van der Waals surface area contributed by atoms with Crippen LogP contribution in [0.5, 0.6) is 5.75 Å². The highest BCUT2D eigenvalue weighted by molar-refractivity contribution is 7.16. The van der Waals surface area contributed by atoms with Crippen molar-refractivity contribution in [2.75, 3.05) is 13.7 Å². The minimum atomic E-state index is -0.00903. The summed E-state index contributed by atoms with van der Waals surface area (Å²) in [7, 11) is 1.67. The Morgan fingerprint density at radius 1 is 1.24 bits per heavy atom. The van der Waals surface area contributed by atoms with Gasteiger partial charge in [-0.2, -0.15) is 0 Å². The SMILES string of the molecule is CCCN(Cc1ccc(OC)cc1)Cc1cc(=O)n2cc(C)sc2n1. The summed E-state index contributed by atoms with van der Waals surface area (Å²) in [4.78, 5) is 21.1. The summed E-state index contributed by atoms with van der Waals surface area (Å²) in [6, 6.07) is 9.76. The Labute approximate surface area is 151 Å². The average Bonchev–Trinajstić information content (AvgIpc) is 2.97. The van der Waals surface area contributed by atoms with Crippen LogP contribution in [0.4, 0.5) is 0 Å². The van der Waals surface area contributed by atoms with Crippen LogP contribution in [0, 0.1) is 6.92 Å². The van der Waals surface area contributed by atoms with Crippen molar-refractivity contribution in [1.82, 2.24) is 14.3 Å². The van der Waals surface area contributed by atoms with E-state index in [0.717, 1.165) is 40.8 Å². The molecule has 0 aliphatic heterocycles. The highest BCUT2D eigenvalue weighted by atomic mass is 32.1. The monoisotopic (exact) mass is 357 g/mol. The molecule has 0 N–H and O–H groups in total. The molecule has 0 saturated heterocycles. The van der Waals surface area contributed by atoms with Gasteiger partial charge in [0.25, 0.3) is 5.56 Å². The van der Waals surface area contributed by atoms with Gasteiger partial charge in [0.1, 0.15) is 5.75 Å². The van der Waals surface area contributed by atoms with Gasteiger partial charge in [0.15, 0.2) is 4.96 Å². The van der Waals surface area contributed by atoms with E-state index in [1.165, 1.54) is 5.56 Å². The molecule has 0 atom stereocenters. The smallest absolute Gasteiger partial charge is 0.258 e. The Balaban J connectivity index is 1.79. The van der Waals surface area contributed by atoms with E-state index < -0.39 is 0 Å². The fraction of sp³-hybridized carbons (Fsp3) is 0.368. The second kappa shape index (κ2) is 7.80. The molecule has 0 bridgehead atoms. The van der Waals surface area contributed by atoms with Crippen molar-refractivity contribution in [3.05, 3.63) is 63.0 Å². The van der Waals surface area contributed by atoms with Gasteiger partial charge in [0, 0.05) is 30.2 Å². The van der Waals surface area contributed by atoms with E-state index in [-0.39, 0.29) is 5.56 Å². The zero-order valence-corrected chi connectivity index (χ0v) is 15.7. The van der Waals surface area contributed by atoms with Gasteiger partial charge >= 0.3 is 0 Å². The molecule has 0 spiro atoms. The third-order valence-corrected chi connectivity index (χ3v) is 4.92. The van der Waals surface area contributed by atoms with Crippen LogP contribution in [0.15, 0.2) is 41.3 Å². The molecule has 0 aliphatic rings. The first-order valence-corrected chi connectivity index (χ1v) is 9.24. The second-order valence-electron chi connectivity index (χ2n) is 6.14. The number of aryl methyl sites for hydroxylation is 1. The number of nitrogens with zero attached hydrogens (tertiary/aromatic N) is 3. The summed E-state index contributed by atoms with van der Waals surface area (Å²) < 4.78 is 6.84. The van der Waals surface area contributed by atoms with Crippen LogP contribution in [0.2, 0.25) is 0 Å². The van der Waals surface area contributed by atoms with Crippen LogP contribution < -0.4 is 10.3 Å². The van der Waals surface area contributed by atoms with Crippen LogP contribution in [0.3, 0.4) is 0 Å². The maximum Gasteiger partial charge on any atom is 0.258 e. The molecule has 0 saturated carbocycles. The van der Waals surface area contributed by atoms with Crippen LogP contribution in [0.1, 0.15) is 29.5 Å². The number of aromatic nitrogens is 2. The lowest BCUT2D eigenvalue weighted by atomic mass is 10.2. The lowest BCUT2D eigenvalue weighted by Crippen LogP contribution is -2.25. The number of hydrogen-bond acceptors (Lipinski definition) is 5. The molecule has 2 heterocycles. The number of rotatable bonds is 7. The summed E-state index contributed by atoms with van der Waals surface area (Å²) in [5.41, 5.74) is 2.04. The van der Waals surface area contributed by atoms with Crippen molar-refractivity contribution in [2.24, 2.45) is 0 Å². The highest BCUT2D eigenvalue weighted by Crippen LogP contribution is 2.16. The molecule has 5 nitrogen and oxygen atoms in total. The maximum absolute atomic E-state index is 12.3. The second-order valence-corrected chi connectivity index (χ2v) is 7.35. The fourth-order valence-electron chi connectivity index (χ4n) is 2.89. The number of thiazole rings is 1. The molecule has 0 aliphatic carbocycles. The van der Waals surface area contributed by atoms with Gasteiger partial charge in [-0.05, 0) is 37.6 Å². The number of ether oxygens (including phenoxy) is 1. The van der Waals surface area contributed by atoms with Crippen molar-refractivity contribution in [1.29, 1.82) is 0 Å². The van der Waals surface area contributed by atoms with Crippen molar-refractivity contribution in [2.45, 2.75) is 33.4 Å². The predicted molar refractivity (Wildman–Crippen MR) is 101 cm³/mol. The summed E-state index contributed by atoms with van der Waals surface area (Å²) in [5.74, 6) is 0.860. The van der Waals surface area contributed by atoms with Gasteiger partial charge in [-0.1, -0.05) is 19.1 Å². The largest absolute Gasteiger partial charge is 0.497 e. The number of fused-ring (bicyclic) bond motifs is 1. The summed E-state index contributed by atoms with van der Waals surface area (Å²) in [6.07, 6.45) is 2.90. The molecule has 3 aromatic rings. The van der Waals surface area contributed by atoms with Crippen molar-refractivity contribution >= 4 is 16.3 Å². The predicted octanol–water partition coefficient (Wildman–Crippen LogP) is 3.49. The quantitative estimate of drug-likeness (QED) is 0.649. The summed E-state index contributed by atoms with van der Waals surface area (Å²) in [6.45, 7) is 6.60. The van der Waals surface area contributed by atoms with Crippen LogP contribution >= 0.6 is 11.3 Å². The van der Waals surface area contributed by atoms with E-state index >= 15 is 0 Å². The van der Waals surface area contributed by atoms with Crippen molar-refractivity contribution < 1.29 is 4.74 Å². The third kappa shape index (κ3) is 4.27. The highest BCUT2D eigenvalue weighted by Gasteiger charge is 2.11. The fourth-order valence-corrected chi connectivity index (χ4v) is 3.74. The summed E-state index contributed by atoms with van der Waals surface area (Å²) in [5, 5.41) is 0. The third-order valence-electron chi connectivity index (χ3n) is 4.03. The molecule has 0 amide bonds. The van der Waals surface area contributed by atoms with Crippen LogP contribution in [-0.2, 0) is 13.1 Å². The molecule has 132 valence electrons. The average molecular weight is 357 g/mol. The van der Waals surface area contributed by atoms with Crippen molar-refractivity contribution in [3.63, 3.8) is 0 Å².